The lowest BCUT2D eigenvalue weighted by Gasteiger charge is -2.09. The zero-order chi connectivity index (χ0) is 14.6. The maximum absolute atomic E-state index is 11.4. The molecule has 4 heteroatoms. The second-order valence-corrected chi connectivity index (χ2v) is 4.68. The second kappa shape index (κ2) is 10.0. The summed E-state index contributed by atoms with van der Waals surface area (Å²) in [5.41, 5.74) is 1.06. The summed E-state index contributed by atoms with van der Waals surface area (Å²) < 4.78 is 0. The summed E-state index contributed by atoms with van der Waals surface area (Å²) in [5.74, 6) is 0.569. The maximum Gasteiger partial charge on any atom is 0.223 e. The Kier molecular flexibility index (Phi) is 8.15. The van der Waals surface area contributed by atoms with Crippen molar-refractivity contribution < 1.29 is 4.79 Å². The number of carbonyl (C=O) groups excluding carboxylic acids is 1. The van der Waals surface area contributed by atoms with Crippen molar-refractivity contribution in [3.63, 3.8) is 0 Å². The summed E-state index contributed by atoms with van der Waals surface area (Å²) in [6.45, 7) is 2.41. The Bertz CT molecular complexity index is 450. The molecule has 1 aromatic carbocycles. The largest absolute Gasteiger partial charge is 0.352 e. The van der Waals surface area contributed by atoms with E-state index in [0.717, 1.165) is 5.56 Å². The monoisotopic (exact) mass is 288 g/mol. The van der Waals surface area contributed by atoms with Crippen molar-refractivity contribution in [3.05, 3.63) is 66.5 Å². The van der Waals surface area contributed by atoms with Crippen LogP contribution in [0.1, 0.15) is 12.5 Å². The van der Waals surface area contributed by atoms with Crippen molar-refractivity contribution in [3.8, 4) is 0 Å². The molecule has 0 aliphatic rings. The number of pyridine rings is 1. The molecule has 20 heavy (non-hydrogen) atoms. The molecule has 0 radical (unpaired) electrons. The Hall–Kier alpha value is -1.81. The SMILES string of the molecule is CC(CS)C(=O)NCc1ccncc1.c1ccccc1. The first-order valence-electron chi connectivity index (χ1n) is 6.51. The summed E-state index contributed by atoms with van der Waals surface area (Å²) in [7, 11) is 0. The smallest absolute Gasteiger partial charge is 0.223 e. The second-order valence-electron chi connectivity index (χ2n) is 4.31. The predicted molar refractivity (Wildman–Crippen MR) is 85.5 cm³/mol. The predicted octanol–water partition coefficient (Wildman–Crippen LogP) is 2.95. The first-order valence-corrected chi connectivity index (χ1v) is 7.14. The molecule has 1 unspecified atom stereocenters. The minimum Gasteiger partial charge on any atom is -0.352 e. The van der Waals surface area contributed by atoms with E-state index in [-0.39, 0.29) is 11.8 Å². The topological polar surface area (TPSA) is 42.0 Å². The minimum absolute atomic E-state index is 0.0387. The first-order chi connectivity index (χ1) is 9.74. The van der Waals surface area contributed by atoms with Gasteiger partial charge in [-0.25, -0.2) is 0 Å². The number of rotatable bonds is 4. The van der Waals surface area contributed by atoms with Crippen molar-refractivity contribution in [2.75, 3.05) is 5.75 Å². The standard InChI is InChI=1S/C10H14N2OS.C6H6/c1-8(7-14)10(13)12-6-9-2-4-11-5-3-9;1-2-4-6-5-3-1/h2-5,8,14H,6-7H2,1H3,(H,12,13);1-6H. The van der Waals surface area contributed by atoms with Gasteiger partial charge in [0.05, 0.1) is 0 Å². The molecular formula is C16H20N2OS. The van der Waals surface area contributed by atoms with Gasteiger partial charge < -0.3 is 5.32 Å². The van der Waals surface area contributed by atoms with E-state index in [1.807, 2.05) is 55.5 Å². The van der Waals surface area contributed by atoms with Crippen LogP contribution in [0.2, 0.25) is 0 Å². The zero-order valence-corrected chi connectivity index (χ0v) is 12.5. The van der Waals surface area contributed by atoms with Gasteiger partial charge in [-0.3, -0.25) is 9.78 Å². The average Bonchev–Trinajstić information content (AvgIpc) is 2.55. The van der Waals surface area contributed by atoms with Crippen LogP contribution in [0.5, 0.6) is 0 Å². The van der Waals surface area contributed by atoms with Crippen LogP contribution in [0.25, 0.3) is 0 Å². The molecule has 3 nitrogen and oxygen atoms in total. The molecule has 0 bridgehead atoms. The fraction of sp³-hybridized carbons (Fsp3) is 0.250. The highest BCUT2D eigenvalue weighted by Gasteiger charge is 2.09. The van der Waals surface area contributed by atoms with Crippen molar-refractivity contribution in [1.82, 2.24) is 10.3 Å². The summed E-state index contributed by atoms with van der Waals surface area (Å²) in [6, 6.07) is 15.8. The highest BCUT2D eigenvalue weighted by molar-refractivity contribution is 7.80. The molecule has 2 rings (SSSR count). The van der Waals surface area contributed by atoms with Crippen LogP contribution < -0.4 is 5.32 Å². The Morgan fingerprint density at radius 1 is 1.15 bits per heavy atom. The van der Waals surface area contributed by atoms with Gasteiger partial charge in [-0.15, -0.1) is 0 Å². The Morgan fingerprint density at radius 2 is 1.65 bits per heavy atom. The zero-order valence-electron chi connectivity index (χ0n) is 11.6. The number of benzene rings is 1. The van der Waals surface area contributed by atoms with E-state index in [1.165, 1.54) is 0 Å². The van der Waals surface area contributed by atoms with Crippen LogP contribution in [0.15, 0.2) is 60.9 Å². The van der Waals surface area contributed by atoms with Gasteiger partial charge in [-0.05, 0) is 17.7 Å². The van der Waals surface area contributed by atoms with E-state index >= 15 is 0 Å². The number of nitrogens with one attached hydrogen (secondary N) is 1. The molecule has 1 heterocycles. The molecule has 1 amide bonds. The molecule has 0 aliphatic carbocycles. The van der Waals surface area contributed by atoms with Crippen LogP contribution in [-0.4, -0.2) is 16.6 Å². The summed E-state index contributed by atoms with van der Waals surface area (Å²) in [5, 5.41) is 2.83. The van der Waals surface area contributed by atoms with Gasteiger partial charge >= 0.3 is 0 Å². The summed E-state index contributed by atoms with van der Waals surface area (Å²) in [4.78, 5) is 15.3. The Morgan fingerprint density at radius 3 is 2.10 bits per heavy atom. The third-order valence-corrected chi connectivity index (χ3v) is 3.15. The quantitative estimate of drug-likeness (QED) is 0.849. The first kappa shape index (κ1) is 16.2. The molecule has 0 aliphatic heterocycles. The number of aromatic nitrogens is 1. The molecule has 0 spiro atoms. The maximum atomic E-state index is 11.4. The van der Waals surface area contributed by atoms with E-state index < -0.39 is 0 Å². The molecule has 0 saturated carbocycles. The lowest BCUT2D eigenvalue weighted by Crippen LogP contribution is -2.29. The molecule has 106 valence electrons. The lowest BCUT2D eigenvalue weighted by atomic mass is 10.2. The Labute approximate surface area is 125 Å². The van der Waals surface area contributed by atoms with Gasteiger partial charge in [-0.1, -0.05) is 43.3 Å². The molecule has 0 saturated heterocycles. The lowest BCUT2D eigenvalue weighted by molar-refractivity contribution is -0.123. The Balaban J connectivity index is 0.000000276. The fourth-order valence-corrected chi connectivity index (χ4v) is 1.50. The van der Waals surface area contributed by atoms with E-state index in [9.17, 15) is 4.79 Å². The fourth-order valence-electron chi connectivity index (χ4n) is 1.33. The van der Waals surface area contributed by atoms with Crippen molar-refractivity contribution in [2.45, 2.75) is 13.5 Å². The van der Waals surface area contributed by atoms with E-state index in [1.54, 1.807) is 12.4 Å². The van der Waals surface area contributed by atoms with E-state index in [2.05, 4.69) is 22.9 Å². The molecule has 1 aromatic heterocycles. The van der Waals surface area contributed by atoms with Crippen LogP contribution in [0.4, 0.5) is 0 Å². The number of amides is 1. The van der Waals surface area contributed by atoms with Gasteiger partial charge in [0.25, 0.3) is 0 Å². The van der Waals surface area contributed by atoms with E-state index in [0.29, 0.717) is 12.3 Å². The number of nitrogens with zero attached hydrogens (tertiary/aromatic N) is 1. The van der Waals surface area contributed by atoms with Gasteiger partial charge in [0.1, 0.15) is 0 Å². The van der Waals surface area contributed by atoms with Gasteiger partial charge in [0.2, 0.25) is 5.91 Å². The van der Waals surface area contributed by atoms with Crippen LogP contribution in [0.3, 0.4) is 0 Å². The average molecular weight is 288 g/mol. The molecular weight excluding hydrogens is 268 g/mol. The highest BCUT2D eigenvalue weighted by atomic mass is 32.1. The summed E-state index contributed by atoms with van der Waals surface area (Å²) >= 11 is 4.06. The van der Waals surface area contributed by atoms with Crippen molar-refractivity contribution in [1.29, 1.82) is 0 Å². The van der Waals surface area contributed by atoms with E-state index in [4.69, 9.17) is 0 Å². The normalized spacial score (nSPS) is 10.9. The third-order valence-electron chi connectivity index (χ3n) is 2.60. The molecule has 0 fully saturated rings. The number of thiol groups is 1. The van der Waals surface area contributed by atoms with Gasteiger partial charge in [-0.2, -0.15) is 12.6 Å². The molecule has 2 aromatic rings. The van der Waals surface area contributed by atoms with Crippen LogP contribution >= 0.6 is 12.6 Å². The van der Waals surface area contributed by atoms with Crippen molar-refractivity contribution >= 4 is 18.5 Å². The number of carbonyl (C=O) groups is 1. The summed E-state index contributed by atoms with van der Waals surface area (Å²) in [6.07, 6.45) is 3.42. The van der Waals surface area contributed by atoms with Crippen molar-refractivity contribution in [2.24, 2.45) is 5.92 Å². The van der Waals surface area contributed by atoms with Crippen LogP contribution in [0, 0.1) is 5.92 Å². The third kappa shape index (κ3) is 6.95. The molecule has 1 N–H and O–H groups in total. The highest BCUT2D eigenvalue weighted by Crippen LogP contribution is 1.99. The number of hydrogen-bond acceptors (Lipinski definition) is 3. The minimum atomic E-state index is -0.0415. The molecule has 1 atom stereocenters. The van der Waals surface area contributed by atoms with Crippen LogP contribution in [-0.2, 0) is 11.3 Å². The van der Waals surface area contributed by atoms with Gasteiger partial charge in [0.15, 0.2) is 0 Å². The van der Waals surface area contributed by atoms with Gasteiger partial charge in [0, 0.05) is 30.6 Å². The number of hydrogen-bond donors (Lipinski definition) is 2.